The zero-order valence-corrected chi connectivity index (χ0v) is 12.4. The number of fused-ring (bicyclic) bond motifs is 1. The predicted octanol–water partition coefficient (Wildman–Crippen LogP) is 3.26. The minimum Gasteiger partial charge on any atom is -0.480 e. The molecule has 5 nitrogen and oxygen atoms in total. The van der Waals surface area contributed by atoms with Crippen molar-refractivity contribution in [2.45, 2.75) is 6.92 Å². The third kappa shape index (κ3) is 2.71. The summed E-state index contributed by atoms with van der Waals surface area (Å²) >= 11 is 1.44. The number of pyridine rings is 1. The number of amides is 1. The number of benzene rings is 1. The van der Waals surface area contributed by atoms with Crippen LogP contribution in [0.4, 0.5) is 5.13 Å². The highest BCUT2D eigenvalue weighted by atomic mass is 32.1. The van der Waals surface area contributed by atoms with Crippen molar-refractivity contribution >= 4 is 32.6 Å². The number of methoxy groups -OCH3 is 1. The lowest BCUT2D eigenvalue weighted by Gasteiger charge is -2.05. The molecule has 0 spiro atoms. The standard InChI is InChI=1S/C15H13N3O2S/c1-9-5-6-11-12(8-9)21-15(17-11)18-13(19)10-4-3-7-16-14(10)20-2/h3-8H,1-2H3,(H,17,18,19). The first-order chi connectivity index (χ1) is 10.2. The first-order valence-electron chi connectivity index (χ1n) is 6.35. The summed E-state index contributed by atoms with van der Waals surface area (Å²) in [6.45, 7) is 2.03. The number of nitrogens with one attached hydrogen (secondary N) is 1. The van der Waals surface area contributed by atoms with Crippen LogP contribution in [0.5, 0.6) is 5.88 Å². The molecule has 0 saturated carbocycles. The van der Waals surface area contributed by atoms with Crippen LogP contribution in [0.15, 0.2) is 36.5 Å². The van der Waals surface area contributed by atoms with Crippen molar-refractivity contribution in [3.8, 4) is 5.88 Å². The predicted molar refractivity (Wildman–Crippen MR) is 83.1 cm³/mol. The van der Waals surface area contributed by atoms with E-state index in [1.165, 1.54) is 18.4 Å². The summed E-state index contributed by atoms with van der Waals surface area (Å²) in [7, 11) is 1.49. The van der Waals surface area contributed by atoms with Crippen molar-refractivity contribution in [3.63, 3.8) is 0 Å². The number of anilines is 1. The van der Waals surface area contributed by atoms with Crippen LogP contribution < -0.4 is 10.1 Å². The van der Waals surface area contributed by atoms with Gasteiger partial charge in [-0.3, -0.25) is 10.1 Å². The highest BCUT2D eigenvalue weighted by Gasteiger charge is 2.14. The van der Waals surface area contributed by atoms with E-state index in [1.807, 2.05) is 25.1 Å². The molecule has 0 radical (unpaired) electrons. The van der Waals surface area contributed by atoms with E-state index in [4.69, 9.17) is 4.74 Å². The Bertz CT molecular complexity index is 814. The maximum absolute atomic E-state index is 12.3. The van der Waals surface area contributed by atoms with Gasteiger partial charge in [-0.2, -0.15) is 0 Å². The number of carbonyl (C=O) groups excluding carboxylic acids is 1. The Hall–Kier alpha value is -2.47. The van der Waals surface area contributed by atoms with Crippen LogP contribution in [-0.4, -0.2) is 23.0 Å². The largest absolute Gasteiger partial charge is 0.480 e. The smallest absolute Gasteiger partial charge is 0.262 e. The third-order valence-corrected chi connectivity index (χ3v) is 3.91. The number of aryl methyl sites for hydroxylation is 1. The van der Waals surface area contributed by atoms with E-state index in [0.717, 1.165) is 15.8 Å². The van der Waals surface area contributed by atoms with Crippen LogP contribution in [0.2, 0.25) is 0 Å². The Morgan fingerprint density at radius 2 is 2.19 bits per heavy atom. The molecule has 0 saturated heterocycles. The fourth-order valence-corrected chi connectivity index (χ4v) is 2.94. The van der Waals surface area contributed by atoms with Gasteiger partial charge in [-0.25, -0.2) is 9.97 Å². The number of hydrogen-bond donors (Lipinski definition) is 1. The molecule has 0 unspecified atom stereocenters. The first-order valence-corrected chi connectivity index (χ1v) is 7.16. The lowest BCUT2D eigenvalue weighted by atomic mass is 10.2. The molecule has 1 amide bonds. The maximum Gasteiger partial charge on any atom is 0.262 e. The summed E-state index contributed by atoms with van der Waals surface area (Å²) < 4.78 is 6.13. The topological polar surface area (TPSA) is 64.1 Å². The molecule has 1 aromatic carbocycles. The number of thiazole rings is 1. The fourth-order valence-electron chi connectivity index (χ4n) is 1.98. The Kier molecular flexibility index (Phi) is 3.53. The zero-order chi connectivity index (χ0) is 14.8. The molecular weight excluding hydrogens is 286 g/mol. The molecule has 0 aliphatic heterocycles. The van der Waals surface area contributed by atoms with E-state index in [2.05, 4.69) is 15.3 Å². The van der Waals surface area contributed by atoms with Crippen molar-refractivity contribution in [1.82, 2.24) is 9.97 Å². The van der Waals surface area contributed by atoms with Crippen LogP contribution in [0.3, 0.4) is 0 Å². The number of nitrogens with zero attached hydrogens (tertiary/aromatic N) is 2. The molecule has 0 fully saturated rings. The van der Waals surface area contributed by atoms with Gasteiger partial charge in [0.25, 0.3) is 5.91 Å². The first kappa shape index (κ1) is 13.5. The lowest BCUT2D eigenvalue weighted by molar-refractivity contribution is 0.102. The molecule has 1 N–H and O–H groups in total. The Labute approximate surface area is 125 Å². The van der Waals surface area contributed by atoms with Gasteiger partial charge in [-0.15, -0.1) is 0 Å². The van der Waals surface area contributed by atoms with Gasteiger partial charge in [0.15, 0.2) is 5.13 Å². The average Bonchev–Trinajstić information content (AvgIpc) is 2.88. The minimum atomic E-state index is -0.282. The SMILES string of the molecule is COc1ncccc1C(=O)Nc1nc2ccc(C)cc2s1. The van der Waals surface area contributed by atoms with Crippen molar-refractivity contribution < 1.29 is 9.53 Å². The normalized spacial score (nSPS) is 10.6. The summed E-state index contributed by atoms with van der Waals surface area (Å²) in [5.74, 6) is 0.0164. The Morgan fingerprint density at radius 3 is 3.00 bits per heavy atom. The quantitative estimate of drug-likeness (QED) is 0.806. The van der Waals surface area contributed by atoms with Gasteiger partial charge >= 0.3 is 0 Å². The number of rotatable bonds is 3. The summed E-state index contributed by atoms with van der Waals surface area (Å²) in [6, 6.07) is 9.35. The average molecular weight is 299 g/mol. The molecule has 106 valence electrons. The molecule has 0 bridgehead atoms. The van der Waals surface area contributed by atoms with Gasteiger partial charge in [0.05, 0.1) is 17.3 Å². The van der Waals surface area contributed by atoms with E-state index in [-0.39, 0.29) is 5.91 Å². The van der Waals surface area contributed by atoms with Gasteiger partial charge in [0.1, 0.15) is 5.56 Å². The van der Waals surface area contributed by atoms with Gasteiger partial charge in [0.2, 0.25) is 5.88 Å². The number of carbonyl (C=O) groups is 1. The molecule has 2 heterocycles. The number of aromatic nitrogens is 2. The second-order valence-corrected chi connectivity index (χ2v) is 5.54. The molecule has 21 heavy (non-hydrogen) atoms. The Balaban J connectivity index is 1.89. The molecule has 0 atom stereocenters. The number of hydrogen-bond acceptors (Lipinski definition) is 5. The molecule has 0 aliphatic rings. The maximum atomic E-state index is 12.3. The van der Waals surface area contributed by atoms with Gasteiger partial charge in [-0.05, 0) is 36.8 Å². The van der Waals surface area contributed by atoms with Crippen LogP contribution in [-0.2, 0) is 0 Å². The molecular formula is C15H13N3O2S. The highest BCUT2D eigenvalue weighted by molar-refractivity contribution is 7.22. The molecule has 3 rings (SSSR count). The zero-order valence-electron chi connectivity index (χ0n) is 11.6. The van der Waals surface area contributed by atoms with E-state index < -0.39 is 0 Å². The molecule has 0 aliphatic carbocycles. The number of ether oxygens (including phenoxy) is 1. The lowest BCUT2D eigenvalue weighted by Crippen LogP contribution is -2.13. The molecule has 2 aromatic heterocycles. The second-order valence-electron chi connectivity index (χ2n) is 4.50. The van der Waals surface area contributed by atoms with Crippen molar-refractivity contribution in [2.75, 3.05) is 12.4 Å². The minimum absolute atomic E-state index is 0.282. The van der Waals surface area contributed by atoms with Gasteiger partial charge in [-0.1, -0.05) is 17.4 Å². The second kappa shape index (κ2) is 5.49. The van der Waals surface area contributed by atoms with Crippen LogP contribution in [0.25, 0.3) is 10.2 Å². The Morgan fingerprint density at radius 1 is 1.33 bits per heavy atom. The van der Waals surface area contributed by atoms with Crippen LogP contribution >= 0.6 is 11.3 Å². The summed E-state index contributed by atoms with van der Waals surface area (Å²) in [5, 5.41) is 3.35. The summed E-state index contributed by atoms with van der Waals surface area (Å²) in [5.41, 5.74) is 2.42. The van der Waals surface area contributed by atoms with Crippen molar-refractivity contribution in [3.05, 3.63) is 47.7 Å². The van der Waals surface area contributed by atoms with Crippen molar-refractivity contribution in [2.24, 2.45) is 0 Å². The van der Waals surface area contributed by atoms with Gasteiger partial charge in [0, 0.05) is 6.20 Å². The third-order valence-electron chi connectivity index (χ3n) is 2.97. The van der Waals surface area contributed by atoms with E-state index in [1.54, 1.807) is 18.3 Å². The van der Waals surface area contributed by atoms with Crippen LogP contribution in [0.1, 0.15) is 15.9 Å². The summed E-state index contributed by atoms with van der Waals surface area (Å²) in [6.07, 6.45) is 1.58. The van der Waals surface area contributed by atoms with Crippen molar-refractivity contribution in [1.29, 1.82) is 0 Å². The molecule has 3 aromatic rings. The van der Waals surface area contributed by atoms with Crippen LogP contribution in [0, 0.1) is 6.92 Å². The highest BCUT2D eigenvalue weighted by Crippen LogP contribution is 2.27. The monoisotopic (exact) mass is 299 g/mol. The van der Waals surface area contributed by atoms with E-state index in [0.29, 0.717) is 16.6 Å². The van der Waals surface area contributed by atoms with Gasteiger partial charge < -0.3 is 4.74 Å². The summed E-state index contributed by atoms with van der Waals surface area (Å²) in [4.78, 5) is 20.7. The van der Waals surface area contributed by atoms with E-state index in [9.17, 15) is 4.79 Å². The van der Waals surface area contributed by atoms with E-state index >= 15 is 0 Å². The fraction of sp³-hybridized carbons (Fsp3) is 0.133. The molecule has 6 heteroatoms.